The first-order valence-electron chi connectivity index (χ1n) is 10.3. The first-order valence-corrected chi connectivity index (χ1v) is 11.1. The second kappa shape index (κ2) is 11.0. The van der Waals surface area contributed by atoms with Crippen LogP contribution in [0.2, 0.25) is 0 Å². The van der Waals surface area contributed by atoms with E-state index >= 15 is 0 Å². The lowest BCUT2D eigenvalue weighted by molar-refractivity contribution is 0.582. The zero-order chi connectivity index (χ0) is 19.9. The van der Waals surface area contributed by atoms with Gasteiger partial charge in [-0.2, -0.15) is 0 Å². The fourth-order valence-corrected chi connectivity index (χ4v) is 5.24. The summed E-state index contributed by atoms with van der Waals surface area (Å²) in [6.07, 6.45) is 7.02. The van der Waals surface area contributed by atoms with Crippen LogP contribution in [0.4, 0.5) is 0 Å². The van der Waals surface area contributed by atoms with E-state index in [9.17, 15) is 0 Å². The molecule has 0 radical (unpaired) electrons. The molecule has 1 aliphatic carbocycles. The minimum atomic E-state index is 0. The fourth-order valence-electron chi connectivity index (χ4n) is 3.81. The molecule has 3 aromatic rings. The third-order valence-corrected chi connectivity index (χ3v) is 6.77. The Balaban J connectivity index is 0.00000256. The number of aromatic nitrogens is 3. The Morgan fingerprint density at radius 2 is 1.83 bits per heavy atom. The highest BCUT2D eigenvalue weighted by Gasteiger charge is 2.35. The molecular weight excluding hydrogens is 507 g/mol. The number of pyridine rings is 1. The van der Waals surface area contributed by atoms with E-state index in [2.05, 4.69) is 58.1 Å². The summed E-state index contributed by atoms with van der Waals surface area (Å²) in [5.74, 6) is 1.67. The number of benzene rings is 1. The summed E-state index contributed by atoms with van der Waals surface area (Å²) in [6, 6.07) is 16.6. The van der Waals surface area contributed by atoms with Gasteiger partial charge >= 0.3 is 0 Å². The number of hydrogen-bond acceptors (Lipinski definition) is 4. The molecule has 6 nitrogen and oxygen atoms in total. The van der Waals surface area contributed by atoms with Crippen molar-refractivity contribution in [2.75, 3.05) is 13.1 Å². The van der Waals surface area contributed by atoms with Gasteiger partial charge in [-0.3, -0.25) is 4.40 Å². The largest absolute Gasteiger partial charge is 0.357 e. The number of halogens is 1. The number of aliphatic imine (C=N–C) groups is 1. The molecule has 160 valence electrons. The standard InChI is InChI=1S/C22H28N6S.HI/c1-2-23-21(24-16-20-27-26-19-12-6-9-15-28(19)20)25-17-22(13-7-8-14-22)29-18-10-4-3-5-11-18;/h3-6,9-12,15H,2,7-8,13-14,16-17H2,1H3,(H2,23,24,25);1H. The Morgan fingerprint density at radius 1 is 1.07 bits per heavy atom. The normalized spacial score (nSPS) is 15.7. The Labute approximate surface area is 199 Å². The molecule has 1 saturated carbocycles. The molecule has 2 N–H and O–H groups in total. The highest BCUT2D eigenvalue weighted by atomic mass is 127. The Hall–Kier alpha value is -1.81. The molecule has 2 heterocycles. The van der Waals surface area contributed by atoms with E-state index in [1.54, 1.807) is 0 Å². The molecule has 1 aliphatic rings. The van der Waals surface area contributed by atoms with Crippen molar-refractivity contribution in [2.24, 2.45) is 4.99 Å². The average molecular weight is 536 g/mol. The van der Waals surface area contributed by atoms with Crippen LogP contribution in [0.25, 0.3) is 5.65 Å². The fraction of sp³-hybridized carbons (Fsp3) is 0.409. The van der Waals surface area contributed by atoms with Gasteiger partial charge in [-0.25, -0.2) is 4.99 Å². The number of fused-ring (bicyclic) bond motifs is 1. The topological polar surface area (TPSA) is 66.6 Å². The molecule has 1 aromatic carbocycles. The molecule has 0 unspecified atom stereocenters. The SMILES string of the molecule is CCNC(=NCc1nnc2ccccn12)NCC1(Sc2ccccc2)CCCC1.I. The maximum Gasteiger partial charge on any atom is 0.191 e. The van der Waals surface area contributed by atoms with Gasteiger partial charge in [0, 0.05) is 28.9 Å². The highest BCUT2D eigenvalue weighted by Crippen LogP contribution is 2.44. The molecule has 30 heavy (non-hydrogen) atoms. The Morgan fingerprint density at radius 3 is 2.60 bits per heavy atom. The zero-order valence-corrected chi connectivity index (χ0v) is 20.4. The predicted octanol–water partition coefficient (Wildman–Crippen LogP) is 4.51. The van der Waals surface area contributed by atoms with Crippen molar-refractivity contribution < 1.29 is 0 Å². The molecule has 2 aromatic heterocycles. The van der Waals surface area contributed by atoms with Crippen LogP contribution in [0, 0.1) is 0 Å². The van der Waals surface area contributed by atoms with Gasteiger partial charge in [0.15, 0.2) is 17.4 Å². The summed E-state index contributed by atoms with van der Waals surface area (Å²) in [5.41, 5.74) is 0.847. The number of nitrogens with zero attached hydrogens (tertiary/aromatic N) is 4. The highest BCUT2D eigenvalue weighted by molar-refractivity contribution is 14.0. The van der Waals surface area contributed by atoms with Gasteiger partial charge < -0.3 is 10.6 Å². The van der Waals surface area contributed by atoms with Gasteiger partial charge in [0.2, 0.25) is 0 Å². The molecule has 0 saturated heterocycles. The van der Waals surface area contributed by atoms with Crippen LogP contribution in [-0.4, -0.2) is 38.4 Å². The summed E-state index contributed by atoms with van der Waals surface area (Å²) < 4.78 is 2.20. The van der Waals surface area contributed by atoms with Crippen LogP contribution in [-0.2, 0) is 6.54 Å². The van der Waals surface area contributed by atoms with Crippen molar-refractivity contribution in [3.05, 3.63) is 60.6 Å². The molecular formula is C22H29IN6S. The molecule has 0 spiro atoms. The van der Waals surface area contributed by atoms with Crippen LogP contribution < -0.4 is 10.6 Å². The molecule has 0 amide bonds. The second-order valence-corrected chi connectivity index (χ2v) is 8.94. The summed E-state index contributed by atoms with van der Waals surface area (Å²) in [5, 5.41) is 15.5. The minimum Gasteiger partial charge on any atom is -0.357 e. The number of guanidine groups is 1. The van der Waals surface area contributed by atoms with Gasteiger partial charge in [0.25, 0.3) is 0 Å². The van der Waals surface area contributed by atoms with Crippen LogP contribution in [0.1, 0.15) is 38.4 Å². The van der Waals surface area contributed by atoms with E-state index in [1.807, 2.05) is 40.6 Å². The van der Waals surface area contributed by atoms with E-state index in [1.165, 1.54) is 30.6 Å². The average Bonchev–Trinajstić information content (AvgIpc) is 3.38. The van der Waals surface area contributed by atoms with E-state index in [4.69, 9.17) is 4.99 Å². The van der Waals surface area contributed by atoms with Crippen molar-refractivity contribution in [2.45, 2.75) is 48.8 Å². The van der Waals surface area contributed by atoms with Crippen molar-refractivity contribution >= 4 is 47.3 Å². The van der Waals surface area contributed by atoms with Gasteiger partial charge in [-0.05, 0) is 44.0 Å². The first kappa shape index (κ1) is 22.9. The molecule has 1 fully saturated rings. The van der Waals surface area contributed by atoms with Crippen LogP contribution >= 0.6 is 35.7 Å². The first-order chi connectivity index (χ1) is 14.3. The van der Waals surface area contributed by atoms with Crippen molar-refractivity contribution in [1.82, 2.24) is 25.2 Å². The van der Waals surface area contributed by atoms with Crippen LogP contribution in [0.15, 0.2) is 64.6 Å². The zero-order valence-electron chi connectivity index (χ0n) is 17.3. The molecule has 0 atom stereocenters. The Bertz CT molecular complexity index is 952. The maximum atomic E-state index is 4.77. The number of nitrogens with one attached hydrogen (secondary N) is 2. The van der Waals surface area contributed by atoms with Crippen molar-refractivity contribution in [1.29, 1.82) is 0 Å². The van der Waals surface area contributed by atoms with Crippen LogP contribution in [0.3, 0.4) is 0 Å². The van der Waals surface area contributed by atoms with E-state index in [0.717, 1.165) is 30.5 Å². The summed E-state index contributed by atoms with van der Waals surface area (Å²) >= 11 is 2.00. The van der Waals surface area contributed by atoms with Crippen LogP contribution in [0.5, 0.6) is 0 Å². The molecule has 4 rings (SSSR count). The summed E-state index contributed by atoms with van der Waals surface area (Å²) in [4.78, 5) is 6.11. The van der Waals surface area contributed by atoms with Gasteiger partial charge in [-0.1, -0.05) is 37.1 Å². The smallest absolute Gasteiger partial charge is 0.191 e. The molecule has 0 bridgehead atoms. The predicted molar refractivity (Wildman–Crippen MR) is 135 cm³/mol. The summed E-state index contributed by atoms with van der Waals surface area (Å²) in [6.45, 7) is 4.30. The number of rotatable bonds is 7. The lowest BCUT2D eigenvalue weighted by Gasteiger charge is -2.29. The Kier molecular flexibility index (Phi) is 8.38. The van der Waals surface area contributed by atoms with Gasteiger partial charge in [0.1, 0.15) is 6.54 Å². The minimum absolute atomic E-state index is 0. The molecule has 0 aliphatic heterocycles. The summed E-state index contributed by atoms with van der Waals surface area (Å²) in [7, 11) is 0. The van der Waals surface area contributed by atoms with E-state index < -0.39 is 0 Å². The van der Waals surface area contributed by atoms with Gasteiger partial charge in [0.05, 0.1) is 0 Å². The number of thioether (sulfide) groups is 1. The number of hydrogen-bond donors (Lipinski definition) is 2. The third-order valence-electron chi connectivity index (χ3n) is 5.28. The van der Waals surface area contributed by atoms with Crippen molar-refractivity contribution in [3.8, 4) is 0 Å². The van der Waals surface area contributed by atoms with Crippen molar-refractivity contribution in [3.63, 3.8) is 0 Å². The third kappa shape index (κ3) is 5.66. The second-order valence-electron chi connectivity index (χ2n) is 7.40. The molecule has 8 heteroatoms. The maximum absolute atomic E-state index is 4.77. The van der Waals surface area contributed by atoms with E-state index in [-0.39, 0.29) is 28.7 Å². The quantitative estimate of drug-likeness (QED) is 0.264. The van der Waals surface area contributed by atoms with Gasteiger partial charge in [-0.15, -0.1) is 45.9 Å². The lowest BCUT2D eigenvalue weighted by Crippen LogP contribution is -2.44. The monoisotopic (exact) mass is 536 g/mol. The lowest BCUT2D eigenvalue weighted by atomic mass is 10.1. The van der Waals surface area contributed by atoms with E-state index in [0.29, 0.717) is 6.54 Å².